The molecule has 0 bridgehead atoms. The van der Waals surface area contributed by atoms with E-state index in [-0.39, 0.29) is 18.8 Å². The van der Waals surface area contributed by atoms with Crippen LogP contribution in [0.4, 0.5) is 0 Å². The molecule has 0 radical (unpaired) electrons. The second kappa shape index (κ2) is 9.45. The Hall–Kier alpha value is -1.10. The zero-order chi connectivity index (χ0) is 11.5. The fraction of sp³-hybridized carbons (Fsp3) is 0.800. The molecule has 5 nitrogen and oxygen atoms in total. The van der Waals surface area contributed by atoms with Crippen LogP contribution in [-0.2, 0) is 14.4 Å². The first kappa shape index (κ1) is 13.9. The van der Waals surface area contributed by atoms with Crippen LogP contribution in [-0.4, -0.2) is 23.6 Å². The Morgan fingerprint density at radius 1 is 1.20 bits per heavy atom. The molecule has 0 saturated heterocycles. The van der Waals surface area contributed by atoms with Crippen LogP contribution < -0.4 is 5.48 Å². The summed E-state index contributed by atoms with van der Waals surface area (Å²) in [5, 5.41) is 8.35. The molecule has 5 heteroatoms. The van der Waals surface area contributed by atoms with Crippen LogP contribution in [0.3, 0.4) is 0 Å². The molecule has 0 saturated carbocycles. The summed E-state index contributed by atoms with van der Waals surface area (Å²) < 4.78 is 0. The number of nitrogens with one attached hydrogen (secondary N) is 1. The first-order chi connectivity index (χ1) is 7.16. The van der Waals surface area contributed by atoms with Crippen LogP contribution in [0, 0.1) is 0 Å². The molecule has 2 N–H and O–H groups in total. The van der Waals surface area contributed by atoms with E-state index in [0.29, 0.717) is 19.4 Å². The third kappa shape index (κ3) is 10.8. The fourth-order valence-corrected chi connectivity index (χ4v) is 0.977. The van der Waals surface area contributed by atoms with Crippen molar-refractivity contribution in [2.45, 2.75) is 45.4 Å². The number of carboxylic acid groups (broad SMARTS) is 1. The topological polar surface area (TPSA) is 75.6 Å². The molecule has 0 aromatic heterocycles. The molecule has 0 atom stereocenters. The van der Waals surface area contributed by atoms with Gasteiger partial charge >= 0.3 is 11.9 Å². The molecule has 0 spiro atoms. The first-order valence-electron chi connectivity index (χ1n) is 5.31. The SMILES string of the molecule is CCCCNOC(=O)CCCCC(=O)O. The average molecular weight is 217 g/mol. The summed E-state index contributed by atoms with van der Waals surface area (Å²) >= 11 is 0. The van der Waals surface area contributed by atoms with Gasteiger partial charge < -0.3 is 9.94 Å². The summed E-state index contributed by atoms with van der Waals surface area (Å²) in [6.07, 6.45) is 3.46. The molecule has 0 aliphatic carbocycles. The number of carbonyl (C=O) groups is 2. The van der Waals surface area contributed by atoms with Gasteiger partial charge in [0.2, 0.25) is 0 Å². The van der Waals surface area contributed by atoms with E-state index in [1.165, 1.54) is 0 Å². The maximum Gasteiger partial charge on any atom is 0.324 e. The van der Waals surface area contributed by atoms with E-state index in [1.54, 1.807) is 0 Å². The minimum Gasteiger partial charge on any atom is -0.481 e. The molecule has 0 unspecified atom stereocenters. The number of aliphatic carboxylic acids is 1. The van der Waals surface area contributed by atoms with Gasteiger partial charge in [0.1, 0.15) is 0 Å². The highest BCUT2D eigenvalue weighted by molar-refractivity contribution is 5.69. The van der Waals surface area contributed by atoms with Crippen LogP contribution in [0.25, 0.3) is 0 Å². The van der Waals surface area contributed by atoms with Crippen LogP contribution in [0.1, 0.15) is 45.4 Å². The summed E-state index contributed by atoms with van der Waals surface area (Å²) in [6, 6.07) is 0. The van der Waals surface area contributed by atoms with Crippen molar-refractivity contribution in [2.75, 3.05) is 6.54 Å². The minimum absolute atomic E-state index is 0.108. The van der Waals surface area contributed by atoms with Gasteiger partial charge in [-0.15, -0.1) is 0 Å². The van der Waals surface area contributed by atoms with E-state index in [1.807, 2.05) is 0 Å². The van der Waals surface area contributed by atoms with Gasteiger partial charge in [0, 0.05) is 19.4 Å². The van der Waals surface area contributed by atoms with Crippen LogP contribution in [0.15, 0.2) is 0 Å². The number of hydrogen-bond acceptors (Lipinski definition) is 4. The molecule has 0 aliphatic heterocycles. The number of hydrogen-bond donors (Lipinski definition) is 2. The molecule has 0 aromatic rings. The molecular formula is C10H19NO4. The lowest BCUT2D eigenvalue weighted by molar-refractivity contribution is -0.151. The van der Waals surface area contributed by atoms with E-state index < -0.39 is 5.97 Å². The lowest BCUT2D eigenvalue weighted by atomic mass is 10.2. The predicted molar refractivity (Wildman–Crippen MR) is 55.1 cm³/mol. The Morgan fingerprint density at radius 3 is 2.47 bits per heavy atom. The summed E-state index contributed by atoms with van der Waals surface area (Å²) in [7, 11) is 0. The third-order valence-electron chi connectivity index (χ3n) is 1.84. The van der Waals surface area contributed by atoms with Crippen molar-refractivity contribution in [3.63, 3.8) is 0 Å². The van der Waals surface area contributed by atoms with Gasteiger partial charge in [-0.1, -0.05) is 13.3 Å². The highest BCUT2D eigenvalue weighted by atomic mass is 16.7. The van der Waals surface area contributed by atoms with Crippen LogP contribution in [0.5, 0.6) is 0 Å². The highest BCUT2D eigenvalue weighted by Gasteiger charge is 2.03. The molecule has 88 valence electrons. The molecular weight excluding hydrogens is 198 g/mol. The number of hydroxylamine groups is 1. The van der Waals surface area contributed by atoms with Crippen molar-refractivity contribution in [1.82, 2.24) is 5.48 Å². The second-order valence-electron chi connectivity index (χ2n) is 3.32. The van der Waals surface area contributed by atoms with Gasteiger partial charge in [0.05, 0.1) is 0 Å². The van der Waals surface area contributed by atoms with Crippen LogP contribution in [0.2, 0.25) is 0 Å². The van der Waals surface area contributed by atoms with Gasteiger partial charge in [0.15, 0.2) is 0 Å². The van der Waals surface area contributed by atoms with E-state index in [0.717, 1.165) is 12.8 Å². The van der Waals surface area contributed by atoms with Crippen molar-refractivity contribution in [1.29, 1.82) is 0 Å². The molecule has 0 fully saturated rings. The lowest BCUT2D eigenvalue weighted by Crippen LogP contribution is -2.20. The molecule has 15 heavy (non-hydrogen) atoms. The summed E-state index contributed by atoms with van der Waals surface area (Å²) in [5.41, 5.74) is 2.57. The summed E-state index contributed by atoms with van der Waals surface area (Å²) in [4.78, 5) is 25.9. The molecule has 0 heterocycles. The number of unbranched alkanes of at least 4 members (excludes halogenated alkanes) is 2. The van der Waals surface area contributed by atoms with Crippen molar-refractivity contribution >= 4 is 11.9 Å². The predicted octanol–water partition coefficient (Wildman–Crippen LogP) is 1.48. The maximum atomic E-state index is 11.0. The Morgan fingerprint density at radius 2 is 1.87 bits per heavy atom. The van der Waals surface area contributed by atoms with E-state index in [2.05, 4.69) is 12.4 Å². The third-order valence-corrected chi connectivity index (χ3v) is 1.84. The lowest BCUT2D eigenvalue weighted by Gasteiger charge is -2.04. The zero-order valence-corrected chi connectivity index (χ0v) is 9.12. The van der Waals surface area contributed by atoms with Gasteiger partial charge in [-0.3, -0.25) is 9.59 Å². The van der Waals surface area contributed by atoms with Crippen LogP contribution >= 0.6 is 0 Å². The van der Waals surface area contributed by atoms with Crippen molar-refractivity contribution in [2.24, 2.45) is 0 Å². The minimum atomic E-state index is -0.829. The van der Waals surface area contributed by atoms with Gasteiger partial charge in [-0.05, 0) is 19.3 Å². The quantitative estimate of drug-likeness (QED) is 0.452. The van der Waals surface area contributed by atoms with Crippen molar-refractivity contribution < 1.29 is 19.5 Å². The van der Waals surface area contributed by atoms with E-state index >= 15 is 0 Å². The zero-order valence-electron chi connectivity index (χ0n) is 9.12. The largest absolute Gasteiger partial charge is 0.481 e. The first-order valence-corrected chi connectivity index (χ1v) is 5.31. The Labute approximate surface area is 89.8 Å². The number of rotatable bonds is 9. The normalized spacial score (nSPS) is 9.93. The van der Waals surface area contributed by atoms with Crippen molar-refractivity contribution in [3.05, 3.63) is 0 Å². The van der Waals surface area contributed by atoms with E-state index in [9.17, 15) is 9.59 Å². The monoisotopic (exact) mass is 217 g/mol. The second-order valence-corrected chi connectivity index (χ2v) is 3.32. The summed E-state index contributed by atoms with van der Waals surface area (Å²) in [5.74, 6) is -1.15. The van der Waals surface area contributed by atoms with Gasteiger partial charge in [-0.25, -0.2) is 0 Å². The molecule has 0 rings (SSSR count). The Balaban J connectivity index is 3.22. The average Bonchev–Trinajstić information content (AvgIpc) is 2.19. The maximum absolute atomic E-state index is 11.0. The van der Waals surface area contributed by atoms with Crippen molar-refractivity contribution in [3.8, 4) is 0 Å². The number of carbonyl (C=O) groups excluding carboxylic acids is 1. The smallest absolute Gasteiger partial charge is 0.324 e. The van der Waals surface area contributed by atoms with E-state index in [4.69, 9.17) is 9.94 Å². The van der Waals surface area contributed by atoms with Gasteiger partial charge in [0.25, 0.3) is 0 Å². The molecule has 0 amide bonds. The standard InChI is InChI=1S/C10H19NO4/c1-2-3-8-11-15-10(14)7-5-4-6-9(12)13/h11H,2-8H2,1H3,(H,12,13). The highest BCUT2D eigenvalue weighted by Crippen LogP contribution is 2.00. The Bertz CT molecular complexity index is 194. The molecule has 0 aliphatic rings. The summed E-state index contributed by atoms with van der Waals surface area (Å²) in [6.45, 7) is 2.72. The number of carboxylic acids is 1. The Kier molecular flexibility index (Phi) is 8.76. The fourth-order valence-electron chi connectivity index (χ4n) is 0.977. The molecule has 0 aromatic carbocycles. The van der Waals surface area contributed by atoms with Gasteiger partial charge in [-0.2, -0.15) is 5.48 Å².